The van der Waals surface area contributed by atoms with Crippen molar-refractivity contribution in [2.45, 2.75) is 12.5 Å². The highest BCUT2D eigenvalue weighted by Gasteiger charge is 2.27. The van der Waals surface area contributed by atoms with E-state index in [2.05, 4.69) is 15.9 Å². The molecule has 1 amide bonds. The summed E-state index contributed by atoms with van der Waals surface area (Å²) in [5.41, 5.74) is 3.17. The number of piperazine rings is 1. The lowest BCUT2D eigenvalue weighted by Crippen LogP contribution is -2.50. The first-order chi connectivity index (χ1) is 13.6. The molecule has 1 N–H and O–H groups in total. The van der Waals surface area contributed by atoms with Gasteiger partial charge in [0.25, 0.3) is 0 Å². The minimum absolute atomic E-state index is 0.178. The van der Waals surface area contributed by atoms with Crippen molar-refractivity contribution in [3.05, 3.63) is 64.7 Å². The maximum absolute atomic E-state index is 12.8. The zero-order valence-electron chi connectivity index (χ0n) is 15.9. The molecule has 28 heavy (non-hydrogen) atoms. The number of benzene rings is 2. The van der Waals surface area contributed by atoms with Crippen LogP contribution >= 0.6 is 11.6 Å². The van der Waals surface area contributed by atoms with Crippen LogP contribution in [-0.4, -0.2) is 66.6 Å². The van der Waals surface area contributed by atoms with E-state index in [0.717, 1.165) is 50.4 Å². The van der Waals surface area contributed by atoms with Crippen LogP contribution in [0.3, 0.4) is 0 Å². The molecule has 6 heteroatoms. The van der Waals surface area contributed by atoms with E-state index in [1.807, 2.05) is 47.4 Å². The summed E-state index contributed by atoms with van der Waals surface area (Å²) < 4.78 is 0. The van der Waals surface area contributed by atoms with Crippen LogP contribution in [0.2, 0.25) is 5.02 Å². The Bertz CT molecular complexity index is 836. The number of halogens is 1. The van der Waals surface area contributed by atoms with Gasteiger partial charge in [0.05, 0.1) is 12.6 Å². The molecule has 148 valence electrons. The van der Waals surface area contributed by atoms with Crippen molar-refractivity contribution in [1.82, 2.24) is 9.80 Å². The molecule has 2 aromatic carbocycles. The Balaban J connectivity index is 1.26. The first-order valence-corrected chi connectivity index (χ1v) is 10.2. The second-order valence-corrected chi connectivity index (χ2v) is 8.01. The smallest absolute Gasteiger partial charge is 0.241 e. The van der Waals surface area contributed by atoms with Crippen LogP contribution in [0.1, 0.15) is 17.2 Å². The molecule has 5 nitrogen and oxygen atoms in total. The maximum Gasteiger partial charge on any atom is 0.241 e. The van der Waals surface area contributed by atoms with Crippen LogP contribution in [0, 0.1) is 0 Å². The van der Waals surface area contributed by atoms with Crippen molar-refractivity contribution in [2.24, 2.45) is 0 Å². The zero-order valence-corrected chi connectivity index (χ0v) is 16.7. The van der Waals surface area contributed by atoms with E-state index in [9.17, 15) is 9.90 Å². The highest BCUT2D eigenvalue weighted by molar-refractivity contribution is 6.30. The Hall–Kier alpha value is -1.92. The van der Waals surface area contributed by atoms with Crippen LogP contribution in [0.4, 0.5) is 5.69 Å². The molecular weight excluding hydrogens is 374 g/mol. The average Bonchev–Trinajstić information content (AvgIpc) is 3.14. The summed E-state index contributed by atoms with van der Waals surface area (Å²) in [7, 11) is 0. The van der Waals surface area contributed by atoms with Crippen LogP contribution in [0.5, 0.6) is 0 Å². The number of hydrogen-bond donors (Lipinski definition) is 1. The normalized spacial score (nSPS) is 18.9. The minimum Gasteiger partial charge on any atom is -0.387 e. The second kappa shape index (κ2) is 8.62. The summed E-state index contributed by atoms with van der Waals surface area (Å²) in [5.74, 6) is 0.178. The Morgan fingerprint density at radius 3 is 2.54 bits per heavy atom. The summed E-state index contributed by atoms with van der Waals surface area (Å²) in [4.78, 5) is 19.2. The fourth-order valence-electron chi connectivity index (χ4n) is 4.07. The maximum atomic E-state index is 12.8. The lowest BCUT2D eigenvalue weighted by molar-refractivity contribution is -0.120. The number of carbonyl (C=O) groups is 1. The molecule has 0 aromatic heterocycles. The molecular formula is C22H26ClN3O2. The first kappa shape index (κ1) is 19.4. The van der Waals surface area contributed by atoms with Gasteiger partial charge in [0.1, 0.15) is 0 Å². The fourth-order valence-corrected chi connectivity index (χ4v) is 4.27. The van der Waals surface area contributed by atoms with Gasteiger partial charge < -0.3 is 10.0 Å². The molecule has 1 atom stereocenters. The second-order valence-electron chi connectivity index (χ2n) is 7.57. The molecule has 0 saturated carbocycles. The summed E-state index contributed by atoms with van der Waals surface area (Å²) in [6, 6.07) is 15.6. The van der Waals surface area contributed by atoms with Gasteiger partial charge in [-0.05, 0) is 35.7 Å². The third-order valence-corrected chi connectivity index (χ3v) is 5.91. The number of para-hydroxylation sites is 1. The van der Waals surface area contributed by atoms with E-state index in [-0.39, 0.29) is 5.91 Å². The van der Waals surface area contributed by atoms with Crippen molar-refractivity contribution < 1.29 is 9.90 Å². The highest BCUT2D eigenvalue weighted by Crippen LogP contribution is 2.27. The van der Waals surface area contributed by atoms with Gasteiger partial charge in [-0.1, -0.05) is 41.9 Å². The summed E-state index contributed by atoms with van der Waals surface area (Å²) in [6.45, 7) is 5.20. The molecule has 0 bridgehead atoms. The van der Waals surface area contributed by atoms with Crippen molar-refractivity contribution in [3.8, 4) is 0 Å². The van der Waals surface area contributed by atoms with E-state index in [4.69, 9.17) is 11.6 Å². The Kier molecular flexibility index (Phi) is 5.97. The largest absolute Gasteiger partial charge is 0.387 e. The van der Waals surface area contributed by atoms with Gasteiger partial charge in [-0.3, -0.25) is 14.6 Å². The van der Waals surface area contributed by atoms with Gasteiger partial charge in [-0.25, -0.2) is 0 Å². The molecule has 2 aliphatic heterocycles. The van der Waals surface area contributed by atoms with Gasteiger partial charge in [0.2, 0.25) is 5.91 Å². The van der Waals surface area contributed by atoms with Crippen LogP contribution in [0.15, 0.2) is 48.5 Å². The number of anilines is 1. The summed E-state index contributed by atoms with van der Waals surface area (Å²) in [5, 5.41) is 11.1. The van der Waals surface area contributed by atoms with Crippen LogP contribution in [-0.2, 0) is 11.2 Å². The predicted molar refractivity (Wildman–Crippen MR) is 112 cm³/mol. The SMILES string of the molecule is O=C(CN1CCN(CC(O)c2cccc(Cl)c2)CC1)N1CCc2ccccc21. The number of hydrogen-bond acceptors (Lipinski definition) is 4. The zero-order chi connectivity index (χ0) is 19.5. The van der Waals surface area contributed by atoms with Crippen LogP contribution < -0.4 is 4.90 Å². The lowest BCUT2D eigenvalue weighted by atomic mass is 10.1. The van der Waals surface area contributed by atoms with Gasteiger partial charge in [0, 0.05) is 50.0 Å². The standard InChI is InChI=1S/C22H26ClN3O2/c23-19-6-3-5-18(14-19)21(27)15-24-10-12-25(13-11-24)16-22(28)26-9-8-17-4-1-2-7-20(17)26/h1-7,14,21,27H,8-13,15-16H2. The van der Waals surface area contributed by atoms with Crippen molar-refractivity contribution in [1.29, 1.82) is 0 Å². The number of aliphatic hydroxyl groups is 1. The molecule has 0 spiro atoms. The molecule has 0 aliphatic carbocycles. The summed E-state index contributed by atoms with van der Waals surface area (Å²) >= 11 is 6.02. The molecule has 1 fully saturated rings. The van der Waals surface area contributed by atoms with Crippen molar-refractivity contribution in [2.75, 3.05) is 50.7 Å². The molecule has 4 rings (SSSR count). The van der Waals surface area contributed by atoms with E-state index in [0.29, 0.717) is 18.1 Å². The number of fused-ring (bicyclic) bond motifs is 1. The average molecular weight is 400 g/mol. The van der Waals surface area contributed by atoms with E-state index in [1.54, 1.807) is 0 Å². The quantitative estimate of drug-likeness (QED) is 0.839. The summed E-state index contributed by atoms with van der Waals surface area (Å²) in [6.07, 6.45) is 0.393. The monoisotopic (exact) mass is 399 g/mol. The first-order valence-electron chi connectivity index (χ1n) is 9.86. The van der Waals surface area contributed by atoms with Crippen molar-refractivity contribution in [3.63, 3.8) is 0 Å². The fraction of sp³-hybridized carbons (Fsp3) is 0.409. The Morgan fingerprint density at radius 2 is 1.75 bits per heavy atom. The Morgan fingerprint density at radius 1 is 1.00 bits per heavy atom. The number of carbonyl (C=O) groups excluding carboxylic acids is 1. The predicted octanol–water partition coefficient (Wildman–Crippen LogP) is 2.58. The van der Waals surface area contributed by atoms with Gasteiger partial charge in [-0.2, -0.15) is 0 Å². The van der Waals surface area contributed by atoms with Gasteiger partial charge in [0.15, 0.2) is 0 Å². The molecule has 1 saturated heterocycles. The number of β-amino-alcohol motifs (C(OH)–C–C–N with tert-alkyl or cyclic N) is 1. The van der Waals surface area contributed by atoms with E-state index < -0.39 is 6.10 Å². The molecule has 2 aliphatic rings. The number of aliphatic hydroxyl groups excluding tert-OH is 1. The van der Waals surface area contributed by atoms with Crippen LogP contribution in [0.25, 0.3) is 0 Å². The number of amides is 1. The molecule has 0 radical (unpaired) electrons. The molecule has 2 heterocycles. The third-order valence-electron chi connectivity index (χ3n) is 5.68. The van der Waals surface area contributed by atoms with E-state index >= 15 is 0 Å². The highest BCUT2D eigenvalue weighted by atomic mass is 35.5. The third kappa shape index (κ3) is 4.39. The van der Waals surface area contributed by atoms with Crippen molar-refractivity contribution >= 4 is 23.2 Å². The minimum atomic E-state index is -0.548. The Labute approximate surface area is 171 Å². The number of nitrogens with zero attached hydrogens (tertiary/aromatic N) is 3. The number of rotatable bonds is 5. The topological polar surface area (TPSA) is 47.0 Å². The van der Waals surface area contributed by atoms with E-state index in [1.165, 1.54) is 5.56 Å². The van der Waals surface area contributed by atoms with Gasteiger partial charge >= 0.3 is 0 Å². The lowest BCUT2D eigenvalue weighted by Gasteiger charge is -2.36. The molecule has 2 aromatic rings. The van der Waals surface area contributed by atoms with Gasteiger partial charge in [-0.15, -0.1) is 0 Å². The molecule has 1 unspecified atom stereocenters.